The second kappa shape index (κ2) is 5.19. The molecule has 0 amide bonds. The molecule has 1 N–H and O–H groups in total. The fourth-order valence-corrected chi connectivity index (χ4v) is 2.33. The quantitative estimate of drug-likeness (QED) is 0.642. The Labute approximate surface area is 97.7 Å². The molecule has 8 heteroatoms. The lowest BCUT2D eigenvalue weighted by atomic mass is 10.3. The summed E-state index contributed by atoms with van der Waals surface area (Å²) in [5.41, 5.74) is -0.489. The number of sulfonamides is 1. The molecule has 0 unspecified atom stereocenters. The first-order valence-corrected chi connectivity index (χ1v) is 6.30. The van der Waals surface area contributed by atoms with Crippen LogP contribution in [0, 0.1) is 15.9 Å². The third kappa shape index (κ3) is 3.21. The summed E-state index contributed by atoms with van der Waals surface area (Å²) in [7, 11) is -3.94. The van der Waals surface area contributed by atoms with Crippen LogP contribution in [0.3, 0.4) is 0 Å². The van der Waals surface area contributed by atoms with Gasteiger partial charge in [0.25, 0.3) is 5.69 Å². The molecule has 0 atom stereocenters. The predicted octanol–water partition coefficient (Wildman–Crippen LogP) is 1.42. The molecule has 0 aromatic heterocycles. The minimum atomic E-state index is -3.94. The van der Waals surface area contributed by atoms with Crippen molar-refractivity contribution in [3.8, 4) is 0 Å². The van der Waals surface area contributed by atoms with Crippen LogP contribution in [0.5, 0.6) is 0 Å². The molecular weight excluding hydrogens is 251 g/mol. The van der Waals surface area contributed by atoms with E-state index < -0.39 is 31.3 Å². The molecule has 0 aliphatic heterocycles. The van der Waals surface area contributed by atoms with Crippen molar-refractivity contribution < 1.29 is 17.7 Å². The van der Waals surface area contributed by atoms with Crippen LogP contribution >= 0.6 is 0 Å². The summed E-state index contributed by atoms with van der Waals surface area (Å²) in [6.45, 7) is 1.94. The molecule has 0 spiro atoms. The number of non-ortho nitro benzene ring substituents is 1. The van der Waals surface area contributed by atoms with Gasteiger partial charge in [0.05, 0.1) is 11.0 Å². The van der Waals surface area contributed by atoms with Gasteiger partial charge in [0.1, 0.15) is 10.7 Å². The first-order chi connectivity index (χ1) is 7.88. The summed E-state index contributed by atoms with van der Waals surface area (Å²) >= 11 is 0. The van der Waals surface area contributed by atoms with Gasteiger partial charge >= 0.3 is 0 Å². The summed E-state index contributed by atoms with van der Waals surface area (Å²) in [6, 6.07) is 2.41. The van der Waals surface area contributed by atoms with E-state index >= 15 is 0 Å². The topological polar surface area (TPSA) is 89.3 Å². The van der Waals surface area contributed by atoms with Gasteiger partial charge < -0.3 is 0 Å². The van der Waals surface area contributed by atoms with Crippen LogP contribution in [-0.2, 0) is 10.0 Å². The molecule has 0 fully saturated rings. The van der Waals surface area contributed by atoms with Gasteiger partial charge in [-0.1, -0.05) is 6.92 Å². The Hall–Kier alpha value is -1.54. The highest BCUT2D eigenvalue weighted by Gasteiger charge is 2.20. The number of nitrogens with one attached hydrogen (secondary N) is 1. The van der Waals surface area contributed by atoms with Crippen LogP contribution in [0.4, 0.5) is 10.1 Å². The van der Waals surface area contributed by atoms with Crippen LogP contribution < -0.4 is 4.72 Å². The maximum absolute atomic E-state index is 13.4. The zero-order chi connectivity index (χ0) is 13.1. The SMILES string of the molecule is CCCNS(=O)(=O)c1ccc([N+](=O)[O-])cc1F. The molecule has 0 bridgehead atoms. The molecule has 1 aromatic rings. The van der Waals surface area contributed by atoms with Gasteiger partial charge in [-0.3, -0.25) is 10.1 Å². The van der Waals surface area contributed by atoms with Gasteiger partial charge in [-0.15, -0.1) is 0 Å². The van der Waals surface area contributed by atoms with E-state index in [1.807, 2.05) is 0 Å². The largest absolute Gasteiger partial charge is 0.272 e. The molecule has 17 heavy (non-hydrogen) atoms. The van der Waals surface area contributed by atoms with Crippen molar-refractivity contribution in [1.82, 2.24) is 4.72 Å². The second-order valence-corrected chi connectivity index (χ2v) is 5.00. The normalized spacial score (nSPS) is 11.4. The third-order valence-electron chi connectivity index (χ3n) is 1.96. The van der Waals surface area contributed by atoms with Crippen molar-refractivity contribution in [3.63, 3.8) is 0 Å². The number of nitro groups is 1. The van der Waals surface area contributed by atoms with Crippen LogP contribution in [0.2, 0.25) is 0 Å². The van der Waals surface area contributed by atoms with Crippen LogP contribution in [0.1, 0.15) is 13.3 Å². The zero-order valence-corrected chi connectivity index (χ0v) is 9.83. The molecule has 0 saturated heterocycles. The average Bonchev–Trinajstić information content (AvgIpc) is 2.25. The molecule has 1 rings (SSSR count). The Kier molecular flexibility index (Phi) is 4.13. The van der Waals surface area contributed by atoms with E-state index in [1.54, 1.807) is 6.92 Å². The Morgan fingerprint density at radius 1 is 1.47 bits per heavy atom. The van der Waals surface area contributed by atoms with Crippen LogP contribution in [-0.4, -0.2) is 19.9 Å². The van der Waals surface area contributed by atoms with E-state index in [-0.39, 0.29) is 6.54 Å². The van der Waals surface area contributed by atoms with E-state index in [2.05, 4.69) is 4.72 Å². The molecule has 0 saturated carbocycles. The third-order valence-corrected chi connectivity index (χ3v) is 3.45. The maximum Gasteiger partial charge on any atom is 0.272 e. The monoisotopic (exact) mass is 262 g/mol. The average molecular weight is 262 g/mol. The zero-order valence-electron chi connectivity index (χ0n) is 9.01. The molecular formula is C9H11FN2O4S. The van der Waals surface area contributed by atoms with Gasteiger partial charge in [-0.2, -0.15) is 0 Å². The van der Waals surface area contributed by atoms with Gasteiger partial charge in [0.2, 0.25) is 10.0 Å². The van der Waals surface area contributed by atoms with Crippen molar-refractivity contribution in [3.05, 3.63) is 34.1 Å². The number of benzene rings is 1. The van der Waals surface area contributed by atoms with Gasteiger partial charge in [0, 0.05) is 12.6 Å². The standard InChI is InChI=1S/C9H11FN2O4S/c1-2-5-11-17(15,16)9-4-3-7(12(13)14)6-8(9)10/h3-4,6,11H,2,5H2,1H3. The number of hydrogen-bond acceptors (Lipinski definition) is 4. The van der Waals surface area contributed by atoms with Crippen LogP contribution in [0.15, 0.2) is 23.1 Å². The lowest BCUT2D eigenvalue weighted by Crippen LogP contribution is -2.25. The van der Waals surface area contributed by atoms with E-state index in [4.69, 9.17) is 0 Å². The summed E-state index contributed by atoms with van der Waals surface area (Å²) in [5, 5.41) is 10.4. The van der Waals surface area contributed by atoms with E-state index in [0.717, 1.165) is 12.1 Å². The van der Waals surface area contributed by atoms with E-state index in [9.17, 15) is 22.9 Å². The Bertz CT molecular complexity index is 530. The summed E-state index contributed by atoms with van der Waals surface area (Å²) in [5.74, 6) is -1.14. The fraction of sp³-hybridized carbons (Fsp3) is 0.333. The van der Waals surface area contributed by atoms with Gasteiger partial charge in [0.15, 0.2) is 0 Å². The minimum absolute atomic E-state index is 0.179. The fourth-order valence-electron chi connectivity index (χ4n) is 1.14. The number of nitrogens with zero attached hydrogens (tertiary/aromatic N) is 1. The first kappa shape index (κ1) is 13.5. The molecule has 1 aromatic carbocycles. The molecule has 0 radical (unpaired) electrons. The molecule has 6 nitrogen and oxygen atoms in total. The number of rotatable bonds is 5. The Balaban J connectivity index is 3.12. The van der Waals surface area contributed by atoms with E-state index in [1.165, 1.54) is 0 Å². The van der Waals surface area contributed by atoms with Gasteiger partial charge in [-0.05, 0) is 12.5 Å². The van der Waals surface area contributed by atoms with Crippen molar-refractivity contribution >= 4 is 15.7 Å². The summed E-state index contributed by atoms with van der Waals surface area (Å²) < 4.78 is 38.7. The van der Waals surface area contributed by atoms with Crippen LogP contribution in [0.25, 0.3) is 0 Å². The predicted molar refractivity (Wildman–Crippen MR) is 58.5 cm³/mol. The molecule has 0 heterocycles. The lowest BCUT2D eigenvalue weighted by molar-refractivity contribution is -0.385. The highest BCUT2D eigenvalue weighted by Crippen LogP contribution is 2.20. The van der Waals surface area contributed by atoms with Crippen molar-refractivity contribution in [2.45, 2.75) is 18.2 Å². The Morgan fingerprint density at radius 3 is 2.59 bits per heavy atom. The van der Waals surface area contributed by atoms with E-state index in [0.29, 0.717) is 12.5 Å². The van der Waals surface area contributed by atoms with Crippen molar-refractivity contribution in [2.75, 3.05) is 6.54 Å². The Morgan fingerprint density at radius 2 is 2.12 bits per heavy atom. The lowest BCUT2D eigenvalue weighted by Gasteiger charge is -2.06. The second-order valence-electron chi connectivity index (χ2n) is 3.27. The first-order valence-electron chi connectivity index (χ1n) is 4.82. The molecule has 0 aliphatic rings. The number of halogens is 1. The minimum Gasteiger partial charge on any atom is -0.258 e. The number of hydrogen-bond donors (Lipinski definition) is 1. The van der Waals surface area contributed by atoms with Crippen molar-refractivity contribution in [1.29, 1.82) is 0 Å². The maximum atomic E-state index is 13.4. The number of nitro benzene ring substituents is 1. The summed E-state index contributed by atoms with van der Waals surface area (Å²) in [6.07, 6.45) is 0.563. The smallest absolute Gasteiger partial charge is 0.258 e. The highest BCUT2D eigenvalue weighted by molar-refractivity contribution is 7.89. The van der Waals surface area contributed by atoms with Gasteiger partial charge in [-0.25, -0.2) is 17.5 Å². The molecule has 0 aliphatic carbocycles. The molecule has 94 valence electrons. The van der Waals surface area contributed by atoms with Crippen molar-refractivity contribution in [2.24, 2.45) is 0 Å². The highest BCUT2D eigenvalue weighted by atomic mass is 32.2. The summed E-state index contributed by atoms with van der Waals surface area (Å²) in [4.78, 5) is 8.98.